The molecule has 0 aliphatic carbocycles. The van der Waals surface area contributed by atoms with E-state index in [0.29, 0.717) is 27.1 Å². The molecule has 3 aromatic carbocycles. The van der Waals surface area contributed by atoms with Crippen molar-refractivity contribution in [2.24, 2.45) is 0 Å². The van der Waals surface area contributed by atoms with Crippen molar-refractivity contribution in [3.05, 3.63) is 94.5 Å². The highest BCUT2D eigenvalue weighted by atomic mass is 35.5. The minimum atomic E-state index is -4.44. The van der Waals surface area contributed by atoms with Crippen LogP contribution in [0.15, 0.2) is 78.9 Å². The van der Waals surface area contributed by atoms with Gasteiger partial charge >= 0.3 is 6.18 Å². The minimum absolute atomic E-state index is 0.310. The zero-order valence-electron chi connectivity index (χ0n) is 14.8. The van der Waals surface area contributed by atoms with Gasteiger partial charge in [0.15, 0.2) is 0 Å². The van der Waals surface area contributed by atoms with Crippen LogP contribution in [-0.2, 0) is 6.18 Å². The topological polar surface area (TPSA) is 17.8 Å². The maximum atomic E-state index is 13.2. The second kappa shape index (κ2) is 7.58. The summed E-state index contributed by atoms with van der Waals surface area (Å²) in [5.74, 6) is 0. The number of aromatic nitrogens is 2. The molecule has 1 aromatic heterocycles. The summed E-state index contributed by atoms with van der Waals surface area (Å²) in [5, 5.41) is 5.73. The molecule has 0 saturated carbocycles. The van der Waals surface area contributed by atoms with Crippen LogP contribution in [0.25, 0.3) is 28.2 Å². The molecular weight excluding hydrogens is 420 g/mol. The van der Waals surface area contributed by atoms with Crippen molar-refractivity contribution in [3.8, 4) is 28.2 Å². The van der Waals surface area contributed by atoms with E-state index in [1.807, 2.05) is 18.2 Å². The van der Waals surface area contributed by atoms with Gasteiger partial charge in [-0.25, -0.2) is 4.68 Å². The third-order valence-corrected chi connectivity index (χ3v) is 4.91. The van der Waals surface area contributed by atoms with Crippen molar-refractivity contribution in [2.75, 3.05) is 0 Å². The Hall–Kier alpha value is -2.76. The Labute approximate surface area is 175 Å². The van der Waals surface area contributed by atoms with Crippen molar-refractivity contribution in [1.29, 1.82) is 0 Å². The number of rotatable bonds is 3. The average molecular weight is 433 g/mol. The molecule has 0 aliphatic heterocycles. The van der Waals surface area contributed by atoms with Gasteiger partial charge in [-0.3, -0.25) is 0 Å². The Kier molecular flexibility index (Phi) is 5.11. The molecule has 0 spiro atoms. The highest BCUT2D eigenvalue weighted by Crippen LogP contribution is 2.33. The first-order chi connectivity index (χ1) is 13.8. The third kappa shape index (κ3) is 4.16. The molecule has 0 fully saturated rings. The summed E-state index contributed by atoms with van der Waals surface area (Å²) in [6, 6.07) is 21.1. The van der Waals surface area contributed by atoms with Crippen molar-refractivity contribution < 1.29 is 13.2 Å². The molecule has 146 valence electrons. The highest BCUT2D eigenvalue weighted by Gasteiger charge is 2.30. The summed E-state index contributed by atoms with van der Waals surface area (Å²) in [6.07, 6.45) is -4.44. The van der Waals surface area contributed by atoms with E-state index in [9.17, 15) is 13.2 Å². The average Bonchev–Trinajstić information content (AvgIpc) is 3.14. The lowest BCUT2D eigenvalue weighted by Gasteiger charge is -2.11. The Balaban J connectivity index is 1.89. The van der Waals surface area contributed by atoms with Gasteiger partial charge in [0.05, 0.1) is 22.6 Å². The molecule has 0 saturated heterocycles. The van der Waals surface area contributed by atoms with E-state index in [1.54, 1.807) is 42.5 Å². The summed E-state index contributed by atoms with van der Waals surface area (Å²) in [7, 11) is 0. The Morgan fingerprint density at radius 1 is 0.724 bits per heavy atom. The van der Waals surface area contributed by atoms with Crippen LogP contribution in [0.2, 0.25) is 10.0 Å². The summed E-state index contributed by atoms with van der Waals surface area (Å²) in [5.41, 5.74) is 2.41. The number of alkyl halides is 3. The van der Waals surface area contributed by atoms with Crippen LogP contribution in [0.1, 0.15) is 5.56 Å². The maximum absolute atomic E-state index is 13.2. The smallest absolute Gasteiger partial charge is 0.232 e. The molecule has 0 unspecified atom stereocenters. The molecule has 0 N–H and O–H groups in total. The van der Waals surface area contributed by atoms with Gasteiger partial charge < -0.3 is 0 Å². The molecular formula is C22H13Cl2F3N2. The molecule has 0 amide bonds. The lowest BCUT2D eigenvalue weighted by Crippen LogP contribution is -2.07. The van der Waals surface area contributed by atoms with Crippen LogP contribution in [0.5, 0.6) is 0 Å². The SMILES string of the molecule is FC(F)(F)c1cccc(-n2nc(-c3ccc(Cl)cc3)cc2-c2ccc(Cl)cc2)c1. The second-order valence-corrected chi connectivity index (χ2v) is 7.26. The molecule has 4 aromatic rings. The summed E-state index contributed by atoms with van der Waals surface area (Å²) < 4.78 is 41.1. The quantitative estimate of drug-likeness (QED) is 0.327. The van der Waals surface area contributed by atoms with Gasteiger partial charge in [0, 0.05) is 21.2 Å². The highest BCUT2D eigenvalue weighted by molar-refractivity contribution is 6.30. The van der Waals surface area contributed by atoms with E-state index in [-0.39, 0.29) is 0 Å². The third-order valence-electron chi connectivity index (χ3n) is 4.41. The fourth-order valence-corrected chi connectivity index (χ4v) is 3.23. The predicted octanol–water partition coefficient (Wildman–Crippen LogP) is 7.53. The van der Waals surface area contributed by atoms with E-state index in [1.165, 1.54) is 10.7 Å². The van der Waals surface area contributed by atoms with Crippen LogP contribution >= 0.6 is 23.2 Å². The number of halogens is 5. The molecule has 1 heterocycles. The fraction of sp³-hybridized carbons (Fsp3) is 0.0455. The van der Waals surface area contributed by atoms with Crippen molar-refractivity contribution in [1.82, 2.24) is 9.78 Å². The number of hydrogen-bond donors (Lipinski definition) is 0. The van der Waals surface area contributed by atoms with Crippen molar-refractivity contribution >= 4 is 23.2 Å². The first-order valence-electron chi connectivity index (χ1n) is 8.61. The fourth-order valence-electron chi connectivity index (χ4n) is 2.98. The van der Waals surface area contributed by atoms with E-state index in [2.05, 4.69) is 5.10 Å². The molecule has 4 rings (SSSR count). The van der Waals surface area contributed by atoms with Gasteiger partial charge in [0.25, 0.3) is 0 Å². The molecule has 0 atom stereocenters. The standard InChI is InChI=1S/C22H13Cl2F3N2/c23-17-8-4-14(5-9-17)20-13-21(15-6-10-18(24)11-7-15)29(28-20)19-3-1-2-16(12-19)22(25,26)27/h1-13H. The molecule has 0 bridgehead atoms. The van der Waals surface area contributed by atoms with E-state index >= 15 is 0 Å². The molecule has 0 radical (unpaired) electrons. The molecule has 29 heavy (non-hydrogen) atoms. The van der Waals surface area contributed by atoms with Gasteiger partial charge in [-0.05, 0) is 48.5 Å². The van der Waals surface area contributed by atoms with Crippen molar-refractivity contribution in [2.45, 2.75) is 6.18 Å². The van der Waals surface area contributed by atoms with Gasteiger partial charge in [-0.2, -0.15) is 18.3 Å². The minimum Gasteiger partial charge on any atom is -0.232 e. The summed E-state index contributed by atoms with van der Waals surface area (Å²) in [6.45, 7) is 0. The van der Waals surface area contributed by atoms with Gasteiger partial charge in [-0.15, -0.1) is 0 Å². The van der Waals surface area contributed by atoms with Crippen LogP contribution < -0.4 is 0 Å². The lowest BCUT2D eigenvalue weighted by atomic mass is 10.1. The zero-order valence-corrected chi connectivity index (χ0v) is 16.3. The zero-order chi connectivity index (χ0) is 20.6. The Morgan fingerprint density at radius 3 is 1.90 bits per heavy atom. The molecule has 0 aliphatic rings. The molecule has 2 nitrogen and oxygen atoms in total. The predicted molar refractivity (Wildman–Crippen MR) is 109 cm³/mol. The monoisotopic (exact) mass is 432 g/mol. The maximum Gasteiger partial charge on any atom is 0.416 e. The van der Waals surface area contributed by atoms with Crippen LogP contribution in [0, 0.1) is 0 Å². The van der Waals surface area contributed by atoms with E-state index in [4.69, 9.17) is 23.2 Å². The van der Waals surface area contributed by atoms with E-state index < -0.39 is 11.7 Å². The first-order valence-corrected chi connectivity index (χ1v) is 9.36. The van der Waals surface area contributed by atoms with Gasteiger partial charge in [0.2, 0.25) is 0 Å². The second-order valence-electron chi connectivity index (χ2n) is 6.39. The van der Waals surface area contributed by atoms with Crippen LogP contribution in [0.3, 0.4) is 0 Å². The number of benzene rings is 3. The van der Waals surface area contributed by atoms with Gasteiger partial charge in [-0.1, -0.05) is 53.5 Å². The normalized spacial score (nSPS) is 11.6. The lowest BCUT2D eigenvalue weighted by molar-refractivity contribution is -0.137. The van der Waals surface area contributed by atoms with Crippen molar-refractivity contribution in [3.63, 3.8) is 0 Å². The first kappa shape index (κ1) is 19.6. The van der Waals surface area contributed by atoms with Gasteiger partial charge in [0.1, 0.15) is 0 Å². The van der Waals surface area contributed by atoms with Crippen LogP contribution in [0.4, 0.5) is 13.2 Å². The number of hydrogen-bond acceptors (Lipinski definition) is 1. The summed E-state index contributed by atoms with van der Waals surface area (Å²) in [4.78, 5) is 0. The molecule has 7 heteroatoms. The number of nitrogens with zero attached hydrogens (tertiary/aromatic N) is 2. The summed E-state index contributed by atoms with van der Waals surface area (Å²) >= 11 is 11.9. The Morgan fingerprint density at radius 2 is 1.31 bits per heavy atom. The largest absolute Gasteiger partial charge is 0.416 e. The van der Waals surface area contributed by atoms with Crippen LogP contribution in [-0.4, -0.2) is 9.78 Å². The van der Waals surface area contributed by atoms with E-state index in [0.717, 1.165) is 23.3 Å². The Bertz CT molecular complexity index is 1150.